The van der Waals surface area contributed by atoms with Gasteiger partial charge in [-0.1, -0.05) is 72.8 Å². The molecule has 202 valence electrons. The van der Waals surface area contributed by atoms with Gasteiger partial charge < -0.3 is 14.6 Å². The largest absolute Gasteiger partial charge is 0.496 e. The van der Waals surface area contributed by atoms with Crippen LogP contribution in [0.15, 0.2) is 97.1 Å². The van der Waals surface area contributed by atoms with E-state index in [2.05, 4.69) is 78.3 Å². The molecule has 0 saturated carbocycles. The molecule has 1 amide bonds. The summed E-state index contributed by atoms with van der Waals surface area (Å²) < 4.78 is 7.80. The summed E-state index contributed by atoms with van der Waals surface area (Å²) in [5, 5.41) is 4.23. The van der Waals surface area contributed by atoms with Crippen LogP contribution in [0.25, 0.3) is 22.0 Å². The number of hydrogen-bond donors (Lipinski definition) is 1. The number of carbonyl (C=O) groups excluding carboxylic acids is 3. The fourth-order valence-corrected chi connectivity index (χ4v) is 4.99. The molecule has 6 nitrogen and oxygen atoms in total. The Bertz CT molecular complexity index is 1650. The van der Waals surface area contributed by atoms with E-state index in [1.54, 1.807) is 7.11 Å². The molecule has 0 aliphatic heterocycles. The zero-order valence-corrected chi connectivity index (χ0v) is 23.1. The number of hydrogen-bond acceptors (Lipinski definition) is 4. The van der Waals surface area contributed by atoms with Crippen molar-refractivity contribution in [1.82, 2.24) is 9.88 Å². The number of amides is 1. The van der Waals surface area contributed by atoms with E-state index in [9.17, 15) is 4.79 Å². The quantitative estimate of drug-likeness (QED) is 0.248. The predicted molar refractivity (Wildman–Crippen MR) is 156 cm³/mol. The van der Waals surface area contributed by atoms with Crippen LogP contribution in [0.2, 0.25) is 0 Å². The summed E-state index contributed by atoms with van der Waals surface area (Å²) in [6.45, 7) is 7.04. The van der Waals surface area contributed by atoms with E-state index in [-0.39, 0.29) is 18.1 Å². The zero-order chi connectivity index (χ0) is 28.6. The summed E-state index contributed by atoms with van der Waals surface area (Å²) in [5.74, 6) is 0.674. The van der Waals surface area contributed by atoms with Crippen LogP contribution in [0.1, 0.15) is 45.7 Å². The van der Waals surface area contributed by atoms with Gasteiger partial charge in [0.1, 0.15) is 5.75 Å². The molecule has 5 rings (SSSR count). The lowest BCUT2D eigenvalue weighted by Crippen LogP contribution is -2.26. The van der Waals surface area contributed by atoms with Crippen molar-refractivity contribution in [2.75, 3.05) is 7.11 Å². The number of nitrogens with zero attached hydrogens (tertiary/aromatic N) is 1. The molecular formula is C34H32N2O4. The van der Waals surface area contributed by atoms with Crippen molar-refractivity contribution in [3.8, 4) is 16.9 Å². The van der Waals surface area contributed by atoms with Crippen LogP contribution in [0.3, 0.4) is 0 Å². The number of aromatic nitrogens is 1. The molecule has 1 heterocycles. The van der Waals surface area contributed by atoms with E-state index in [0.717, 1.165) is 28.8 Å². The number of carbonyl (C=O) groups is 1. The van der Waals surface area contributed by atoms with Crippen LogP contribution in [-0.4, -0.2) is 23.7 Å². The number of fused-ring (bicyclic) bond motifs is 1. The number of methoxy groups -OCH3 is 1. The Balaban J connectivity index is 0.00000118. The van der Waals surface area contributed by atoms with Gasteiger partial charge in [-0.05, 0) is 67.3 Å². The highest BCUT2D eigenvalue weighted by atomic mass is 16.5. The summed E-state index contributed by atoms with van der Waals surface area (Å²) in [6, 6.07) is 32.8. The third kappa shape index (κ3) is 6.04. The maximum atomic E-state index is 13.2. The molecule has 0 unspecified atom stereocenters. The molecule has 0 saturated heterocycles. The highest BCUT2D eigenvalue weighted by Gasteiger charge is 2.17. The van der Waals surface area contributed by atoms with E-state index in [0.29, 0.717) is 5.56 Å². The molecule has 6 heteroatoms. The van der Waals surface area contributed by atoms with Crippen molar-refractivity contribution in [1.29, 1.82) is 0 Å². The van der Waals surface area contributed by atoms with Gasteiger partial charge in [0.15, 0.2) is 0 Å². The lowest BCUT2D eigenvalue weighted by atomic mass is 10.0. The van der Waals surface area contributed by atoms with Gasteiger partial charge in [-0.15, -0.1) is 0 Å². The Kier molecular flexibility index (Phi) is 8.95. The number of rotatable bonds is 7. The second-order valence-electron chi connectivity index (χ2n) is 9.61. The van der Waals surface area contributed by atoms with Crippen molar-refractivity contribution >= 4 is 23.0 Å². The number of para-hydroxylation sites is 1. The van der Waals surface area contributed by atoms with Gasteiger partial charge in [-0.2, -0.15) is 9.59 Å². The second kappa shape index (κ2) is 12.7. The van der Waals surface area contributed by atoms with Crippen LogP contribution in [0.4, 0.5) is 0 Å². The Morgan fingerprint density at radius 1 is 0.875 bits per heavy atom. The maximum absolute atomic E-state index is 13.2. The maximum Gasteiger partial charge on any atom is 0.373 e. The Morgan fingerprint density at radius 3 is 2.17 bits per heavy atom. The normalized spacial score (nSPS) is 11.2. The number of aryl methyl sites for hydroxylation is 1. The summed E-state index contributed by atoms with van der Waals surface area (Å²) in [7, 11) is 1.65. The highest BCUT2D eigenvalue weighted by Crippen LogP contribution is 2.29. The first kappa shape index (κ1) is 28.1. The van der Waals surface area contributed by atoms with Crippen molar-refractivity contribution in [3.05, 3.63) is 125 Å². The molecule has 1 aromatic heterocycles. The highest BCUT2D eigenvalue weighted by molar-refractivity contribution is 5.99. The van der Waals surface area contributed by atoms with Gasteiger partial charge in [0.05, 0.1) is 13.2 Å². The molecule has 1 N–H and O–H groups in total. The lowest BCUT2D eigenvalue weighted by Gasteiger charge is -2.17. The predicted octanol–water partition coefficient (Wildman–Crippen LogP) is 6.89. The van der Waals surface area contributed by atoms with E-state index in [1.165, 1.54) is 27.9 Å². The third-order valence-corrected chi connectivity index (χ3v) is 7.26. The molecule has 0 spiro atoms. The van der Waals surface area contributed by atoms with E-state index in [1.807, 2.05) is 49.4 Å². The van der Waals surface area contributed by atoms with Gasteiger partial charge in [-0.25, -0.2) is 0 Å². The number of benzene rings is 4. The second-order valence-corrected chi connectivity index (χ2v) is 9.61. The first-order valence-corrected chi connectivity index (χ1v) is 13.0. The Labute approximate surface area is 234 Å². The van der Waals surface area contributed by atoms with E-state index in [4.69, 9.17) is 14.3 Å². The smallest absolute Gasteiger partial charge is 0.373 e. The standard InChI is InChI=1S/C33H32N2O2.CO2/c1-22-24(3)35(21-25-14-16-27(17-15-25)26-10-6-5-7-11-26)31-19-18-28(20-30(22)31)33(36)34-23(2)29-12-8-9-13-32(29)37-4;2-1-3/h5-20,23H,21H2,1-4H3,(H,34,36);/t23-;/m0./s1. The first-order chi connectivity index (χ1) is 19.4. The Morgan fingerprint density at radius 2 is 1.50 bits per heavy atom. The minimum atomic E-state index is -0.175. The molecule has 0 aliphatic rings. The lowest BCUT2D eigenvalue weighted by molar-refractivity contribution is -0.191. The average Bonchev–Trinajstić information content (AvgIpc) is 3.22. The van der Waals surface area contributed by atoms with Crippen LogP contribution in [0, 0.1) is 13.8 Å². The SMILES string of the molecule is COc1ccccc1[C@H](C)NC(=O)c1ccc2c(c1)c(C)c(C)n2Cc1ccc(-c2ccccc2)cc1.O=C=O. The summed E-state index contributed by atoms with van der Waals surface area (Å²) >= 11 is 0. The third-order valence-electron chi connectivity index (χ3n) is 7.26. The van der Waals surface area contributed by atoms with Gasteiger partial charge in [0.2, 0.25) is 0 Å². The van der Waals surface area contributed by atoms with Crippen molar-refractivity contribution in [2.45, 2.75) is 33.4 Å². The van der Waals surface area contributed by atoms with Gasteiger partial charge >= 0.3 is 6.15 Å². The summed E-state index contributed by atoms with van der Waals surface area (Å²) in [4.78, 5) is 29.4. The number of ether oxygens (including phenoxy) is 1. The van der Waals surface area contributed by atoms with Gasteiger partial charge in [-0.3, -0.25) is 4.79 Å². The molecule has 4 aromatic carbocycles. The molecule has 1 atom stereocenters. The van der Waals surface area contributed by atoms with Crippen molar-refractivity contribution in [3.63, 3.8) is 0 Å². The Hall–Kier alpha value is -4.93. The van der Waals surface area contributed by atoms with Gasteiger partial charge in [0.25, 0.3) is 5.91 Å². The minimum Gasteiger partial charge on any atom is -0.496 e. The average molecular weight is 533 g/mol. The first-order valence-electron chi connectivity index (χ1n) is 13.0. The van der Waals surface area contributed by atoms with E-state index < -0.39 is 0 Å². The fourth-order valence-electron chi connectivity index (χ4n) is 4.99. The number of nitrogens with one attached hydrogen (secondary N) is 1. The molecular weight excluding hydrogens is 500 g/mol. The van der Waals surface area contributed by atoms with Gasteiger partial charge in [0, 0.05) is 34.3 Å². The summed E-state index contributed by atoms with van der Waals surface area (Å²) in [6.07, 6.45) is 0.250. The minimum absolute atomic E-state index is 0.0957. The van der Waals surface area contributed by atoms with Crippen molar-refractivity contribution < 1.29 is 19.1 Å². The summed E-state index contributed by atoms with van der Waals surface area (Å²) in [5.41, 5.74) is 8.83. The molecule has 0 aliphatic carbocycles. The molecule has 0 fully saturated rings. The molecule has 5 aromatic rings. The zero-order valence-electron chi connectivity index (χ0n) is 23.1. The molecule has 40 heavy (non-hydrogen) atoms. The molecule has 0 radical (unpaired) electrons. The fraction of sp³-hybridized carbons (Fsp3) is 0.176. The van der Waals surface area contributed by atoms with Crippen LogP contribution in [0.5, 0.6) is 5.75 Å². The van der Waals surface area contributed by atoms with Crippen LogP contribution >= 0.6 is 0 Å². The topological polar surface area (TPSA) is 77.4 Å². The van der Waals surface area contributed by atoms with Crippen LogP contribution in [-0.2, 0) is 16.1 Å². The monoisotopic (exact) mass is 532 g/mol. The molecule has 0 bridgehead atoms. The van der Waals surface area contributed by atoms with Crippen LogP contribution < -0.4 is 10.1 Å². The van der Waals surface area contributed by atoms with Crippen molar-refractivity contribution in [2.24, 2.45) is 0 Å². The van der Waals surface area contributed by atoms with E-state index >= 15 is 0 Å².